The first-order chi connectivity index (χ1) is 11.9. The number of hydrogen-bond donors (Lipinski definition) is 2. The Hall–Kier alpha value is -2.68. The Kier molecular flexibility index (Phi) is 6.29. The third-order valence-corrected chi connectivity index (χ3v) is 4.17. The lowest BCUT2D eigenvalue weighted by molar-refractivity contribution is -0.153. The Morgan fingerprint density at radius 1 is 1.32 bits per heavy atom. The molecule has 2 aromatic rings. The van der Waals surface area contributed by atoms with Crippen molar-refractivity contribution in [3.8, 4) is 0 Å². The monoisotopic (exact) mass is 365 g/mol. The number of nitrogens with one attached hydrogen (secondary N) is 2. The van der Waals surface area contributed by atoms with Gasteiger partial charge in [0.1, 0.15) is 12.3 Å². The minimum absolute atomic E-state index is 0.248. The summed E-state index contributed by atoms with van der Waals surface area (Å²) in [5.74, 6) is -0.764. The molecule has 2 heterocycles. The zero-order chi connectivity index (χ0) is 18.4. The molecule has 0 saturated heterocycles. The predicted octanol–water partition coefficient (Wildman–Crippen LogP) is 2.04. The second-order valence-electron chi connectivity index (χ2n) is 5.29. The number of aryl methyl sites for hydroxylation is 2. The van der Waals surface area contributed by atoms with Crippen molar-refractivity contribution < 1.29 is 23.6 Å². The molecule has 0 saturated carbocycles. The second-order valence-corrected chi connectivity index (χ2v) is 6.58. The lowest BCUT2D eigenvalue weighted by Crippen LogP contribution is -2.36. The number of carbonyl (C=O) groups excluding carboxylic acids is 3. The summed E-state index contributed by atoms with van der Waals surface area (Å²) in [4.78, 5) is 37.4. The number of thiophene rings is 1. The van der Waals surface area contributed by atoms with Crippen LogP contribution in [0.25, 0.3) is 0 Å². The Balaban J connectivity index is 1.82. The quantitative estimate of drug-likeness (QED) is 0.727. The molecule has 0 aliphatic heterocycles. The summed E-state index contributed by atoms with van der Waals surface area (Å²) in [5, 5.41) is 8.62. The summed E-state index contributed by atoms with van der Waals surface area (Å²) in [7, 11) is 0. The van der Waals surface area contributed by atoms with E-state index in [4.69, 9.17) is 9.26 Å². The van der Waals surface area contributed by atoms with E-state index < -0.39 is 18.0 Å². The fourth-order valence-corrected chi connectivity index (χ4v) is 2.73. The molecular weight excluding hydrogens is 346 g/mol. The van der Waals surface area contributed by atoms with Crippen LogP contribution in [-0.4, -0.2) is 35.6 Å². The molecule has 0 bridgehead atoms. The van der Waals surface area contributed by atoms with Crippen LogP contribution in [0.4, 0.5) is 5.82 Å². The number of nitrogens with zero attached hydrogens (tertiary/aromatic N) is 1. The molecule has 2 aromatic heterocycles. The van der Waals surface area contributed by atoms with Crippen LogP contribution in [0.2, 0.25) is 0 Å². The first kappa shape index (κ1) is 18.7. The summed E-state index contributed by atoms with van der Waals surface area (Å²) >= 11 is 1.33. The average molecular weight is 365 g/mol. The van der Waals surface area contributed by atoms with Gasteiger partial charge in [0, 0.05) is 10.9 Å². The van der Waals surface area contributed by atoms with E-state index in [0.717, 1.165) is 4.88 Å². The number of hydrogen-bond acceptors (Lipinski definition) is 7. The minimum atomic E-state index is -0.981. The predicted molar refractivity (Wildman–Crippen MR) is 91.4 cm³/mol. The molecule has 1 unspecified atom stereocenters. The van der Waals surface area contributed by atoms with Crippen LogP contribution in [0.3, 0.4) is 0 Å². The Labute approximate surface area is 148 Å². The molecule has 2 amide bonds. The van der Waals surface area contributed by atoms with E-state index in [1.807, 2.05) is 13.0 Å². The Morgan fingerprint density at radius 2 is 2.08 bits per heavy atom. The van der Waals surface area contributed by atoms with Gasteiger partial charge in [-0.05, 0) is 32.4 Å². The molecule has 0 spiro atoms. The van der Waals surface area contributed by atoms with E-state index in [-0.39, 0.29) is 24.7 Å². The van der Waals surface area contributed by atoms with Gasteiger partial charge in [-0.25, -0.2) is 0 Å². The number of rotatable bonds is 7. The smallest absolute Gasteiger partial charge is 0.326 e. The largest absolute Gasteiger partial charge is 0.451 e. The van der Waals surface area contributed by atoms with Crippen LogP contribution in [-0.2, 0) is 14.3 Å². The first-order valence-electron chi connectivity index (χ1n) is 7.67. The third-order valence-electron chi connectivity index (χ3n) is 3.17. The lowest BCUT2D eigenvalue weighted by atomic mass is 10.2. The van der Waals surface area contributed by atoms with E-state index in [2.05, 4.69) is 15.8 Å². The van der Waals surface area contributed by atoms with Gasteiger partial charge >= 0.3 is 5.97 Å². The first-order valence-corrected chi connectivity index (χ1v) is 8.49. The number of amides is 2. The highest BCUT2D eigenvalue weighted by atomic mass is 32.1. The molecule has 1 atom stereocenters. The van der Waals surface area contributed by atoms with Gasteiger partial charge in [-0.3, -0.25) is 14.4 Å². The average Bonchev–Trinajstić information content (AvgIpc) is 3.18. The van der Waals surface area contributed by atoms with Crippen LogP contribution in [0.15, 0.2) is 22.7 Å². The van der Waals surface area contributed by atoms with Crippen molar-refractivity contribution in [3.63, 3.8) is 0 Å². The van der Waals surface area contributed by atoms with Crippen molar-refractivity contribution in [3.05, 3.63) is 33.7 Å². The molecule has 2 rings (SSSR count). The van der Waals surface area contributed by atoms with Crippen LogP contribution in [0.1, 0.15) is 33.7 Å². The molecule has 8 nitrogen and oxygen atoms in total. The zero-order valence-electron chi connectivity index (χ0n) is 14.1. The normalized spacial score (nSPS) is 11.6. The van der Waals surface area contributed by atoms with Crippen molar-refractivity contribution in [1.82, 2.24) is 10.5 Å². The number of ether oxygens (including phenoxy) is 1. The van der Waals surface area contributed by atoms with Crippen molar-refractivity contribution in [2.45, 2.75) is 33.3 Å². The van der Waals surface area contributed by atoms with Crippen LogP contribution in [0.5, 0.6) is 0 Å². The summed E-state index contributed by atoms with van der Waals surface area (Å²) in [6.45, 7) is 4.97. The van der Waals surface area contributed by atoms with Gasteiger partial charge in [-0.15, -0.1) is 11.3 Å². The van der Waals surface area contributed by atoms with Gasteiger partial charge < -0.3 is 19.9 Å². The van der Waals surface area contributed by atoms with E-state index in [0.29, 0.717) is 10.6 Å². The van der Waals surface area contributed by atoms with Crippen molar-refractivity contribution in [2.24, 2.45) is 0 Å². The summed E-state index contributed by atoms with van der Waals surface area (Å²) in [6, 6.07) is 5.06. The molecule has 0 radical (unpaired) electrons. The van der Waals surface area contributed by atoms with E-state index >= 15 is 0 Å². The van der Waals surface area contributed by atoms with E-state index in [9.17, 15) is 14.4 Å². The topological polar surface area (TPSA) is 111 Å². The zero-order valence-corrected chi connectivity index (χ0v) is 14.9. The molecule has 0 aromatic carbocycles. The second kappa shape index (κ2) is 8.43. The van der Waals surface area contributed by atoms with Gasteiger partial charge in [0.2, 0.25) is 0 Å². The van der Waals surface area contributed by atoms with E-state index in [1.54, 1.807) is 26.0 Å². The standard InChI is InChI=1S/C16H19N3O5S/c1-4-11(15(21)18-13-7-9(2)24-19-13)23-14(20)8-17-16(22)12-6-5-10(3)25-12/h5-7,11H,4,8H2,1-3H3,(H,17,22)(H,18,19,21). The minimum Gasteiger partial charge on any atom is -0.451 e. The van der Waals surface area contributed by atoms with Crippen LogP contribution >= 0.6 is 11.3 Å². The Morgan fingerprint density at radius 3 is 2.64 bits per heavy atom. The van der Waals surface area contributed by atoms with Crippen molar-refractivity contribution in [1.29, 1.82) is 0 Å². The van der Waals surface area contributed by atoms with E-state index in [1.165, 1.54) is 11.3 Å². The number of anilines is 1. The van der Waals surface area contributed by atoms with Gasteiger partial charge in [0.15, 0.2) is 11.9 Å². The van der Waals surface area contributed by atoms with Gasteiger partial charge in [-0.1, -0.05) is 12.1 Å². The number of aromatic nitrogens is 1. The maximum Gasteiger partial charge on any atom is 0.326 e. The third kappa shape index (κ3) is 5.42. The summed E-state index contributed by atoms with van der Waals surface area (Å²) in [6.07, 6.45) is -0.697. The molecular formula is C16H19N3O5S. The van der Waals surface area contributed by atoms with Crippen molar-refractivity contribution in [2.75, 3.05) is 11.9 Å². The highest BCUT2D eigenvalue weighted by Crippen LogP contribution is 2.14. The SMILES string of the molecule is CCC(OC(=O)CNC(=O)c1ccc(C)s1)C(=O)Nc1cc(C)on1. The fraction of sp³-hybridized carbons (Fsp3) is 0.375. The van der Waals surface area contributed by atoms with Crippen LogP contribution < -0.4 is 10.6 Å². The highest BCUT2D eigenvalue weighted by molar-refractivity contribution is 7.13. The van der Waals surface area contributed by atoms with Gasteiger partial charge in [0.05, 0.1) is 4.88 Å². The molecule has 9 heteroatoms. The maximum atomic E-state index is 12.1. The lowest BCUT2D eigenvalue weighted by Gasteiger charge is -2.15. The molecule has 0 aliphatic carbocycles. The van der Waals surface area contributed by atoms with Gasteiger partial charge in [-0.2, -0.15) is 0 Å². The molecule has 0 aliphatic rings. The van der Waals surface area contributed by atoms with Crippen LogP contribution in [0, 0.1) is 13.8 Å². The molecule has 25 heavy (non-hydrogen) atoms. The summed E-state index contributed by atoms with van der Waals surface area (Å²) < 4.78 is 9.96. The number of esters is 1. The molecule has 0 fully saturated rings. The number of carbonyl (C=O) groups is 3. The fourth-order valence-electron chi connectivity index (χ4n) is 1.95. The van der Waals surface area contributed by atoms with Gasteiger partial charge in [0.25, 0.3) is 11.8 Å². The maximum absolute atomic E-state index is 12.1. The molecule has 134 valence electrons. The summed E-state index contributed by atoms with van der Waals surface area (Å²) in [5.41, 5.74) is 0. The highest BCUT2D eigenvalue weighted by Gasteiger charge is 2.22. The van der Waals surface area contributed by atoms with Crippen molar-refractivity contribution >= 4 is 34.9 Å². The Bertz CT molecular complexity index is 767. The molecule has 2 N–H and O–H groups in total.